The van der Waals surface area contributed by atoms with E-state index in [1.807, 2.05) is 0 Å². The molecule has 3 N–H and O–H groups in total. The molecule has 2 rings (SSSR count). The number of hydrogen-bond donors (Lipinski definition) is 2. The summed E-state index contributed by atoms with van der Waals surface area (Å²) in [4.78, 5) is 10.8. The Kier molecular flexibility index (Phi) is 3.26. The second-order valence-electron chi connectivity index (χ2n) is 4.86. The lowest BCUT2D eigenvalue weighted by Gasteiger charge is -2.37. The Hall–Kier alpha value is -1.65. The van der Waals surface area contributed by atoms with Gasteiger partial charge in [0.1, 0.15) is 17.3 Å². The molecule has 0 aliphatic carbocycles. The SMILES string of the molecule is CC1CCC(C)N(c2cnc(C(=N)N)cn2)C1. The first-order valence-electron chi connectivity index (χ1n) is 6.01. The molecule has 5 nitrogen and oxygen atoms in total. The summed E-state index contributed by atoms with van der Waals surface area (Å²) in [6, 6.07) is 0.503. The molecule has 1 aromatic heterocycles. The molecule has 0 amide bonds. The lowest BCUT2D eigenvalue weighted by atomic mass is 9.95. The van der Waals surface area contributed by atoms with Gasteiger partial charge in [-0.2, -0.15) is 0 Å². The summed E-state index contributed by atoms with van der Waals surface area (Å²) in [7, 11) is 0. The van der Waals surface area contributed by atoms with E-state index in [4.69, 9.17) is 11.1 Å². The summed E-state index contributed by atoms with van der Waals surface area (Å²) in [6.45, 7) is 5.50. The van der Waals surface area contributed by atoms with Crippen LogP contribution in [0, 0.1) is 11.3 Å². The van der Waals surface area contributed by atoms with Crippen LogP contribution in [0.5, 0.6) is 0 Å². The molecule has 2 atom stereocenters. The number of nitrogens with one attached hydrogen (secondary N) is 1. The smallest absolute Gasteiger partial charge is 0.147 e. The highest BCUT2D eigenvalue weighted by Crippen LogP contribution is 2.25. The van der Waals surface area contributed by atoms with E-state index in [1.54, 1.807) is 12.4 Å². The minimum absolute atomic E-state index is 0.0379. The van der Waals surface area contributed by atoms with Crippen molar-refractivity contribution in [2.45, 2.75) is 32.7 Å². The lowest BCUT2D eigenvalue weighted by molar-refractivity contribution is 0.388. The third kappa shape index (κ3) is 2.54. The normalized spacial score (nSPS) is 24.7. The van der Waals surface area contributed by atoms with E-state index in [0.717, 1.165) is 12.4 Å². The van der Waals surface area contributed by atoms with Gasteiger partial charge in [-0.15, -0.1) is 0 Å². The summed E-state index contributed by atoms with van der Waals surface area (Å²) in [5.41, 5.74) is 5.80. The van der Waals surface area contributed by atoms with Crippen molar-refractivity contribution in [1.29, 1.82) is 5.41 Å². The van der Waals surface area contributed by atoms with Crippen LogP contribution in [0.3, 0.4) is 0 Å². The number of rotatable bonds is 2. The Morgan fingerprint density at radius 2 is 2.12 bits per heavy atom. The molecule has 92 valence electrons. The van der Waals surface area contributed by atoms with Crippen molar-refractivity contribution in [2.75, 3.05) is 11.4 Å². The third-order valence-electron chi connectivity index (χ3n) is 3.33. The first kappa shape index (κ1) is 11.8. The fraction of sp³-hybridized carbons (Fsp3) is 0.583. The Bertz CT molecular complexity index is 400. The molecule has 0 aromatic carbocycles. The molecule has 1 aliphatic rings. The van der Waals surface area contributed by atoms with Crippen molar-refractivity contribution in [3.63, 3.8) is 0 Å². The largest absolute Gasteiger partial charge is 0.382 e. The van der Waals surface area contributed by atoms with Gasteiger partial charge >= 0.3 is 0 Å². The Morgan fingerprint density at radius 1 is 1.35 bits per heavy atom. The van der Waals surface area contributed by atoms with Crippen LogP contribution in [0.25, 0.3) is 0 Å². The van der Waals surface area contributed by atoms with Gasteiger partial charge in [0.2, 0.25) is 0 Å². The van der Waals surface area contributed by atoms with Gasteiger partial charge < -0.3 is 10.6 Å². The molecule has 5 heteroatoms. The zero-order chi connectivity index (χ0) is 12.4. The van der Waals surface area contributed by atoms with Gasteiger partial charge in [-0.05, 0) is 25.7 Å². The first-order valence-corrected chi connectivity index (χ1v) is 6.01. The van der Waals surface area contributed by atoms with Crippen LogP contribution in [0.15, 0.2) is 12.4 Å². The van der Waals surface area contributed by atoms with Gasteiger partial charge in [-0.1, -0.05) is 6.92 Å². The summed E-state index contributed by atoms with van der Waals surface area (Å²) in [5, 5.41) is 7.28. The van der Waals surface area contributed by atoms with E-state index in [9.17, 15) is 0 Å². The van der Waals surface area contributed by atoms with Gasteiger partial charge in [-0.25, -0.2) is 9.97 Å². The van der Waals surface area contributed by atoms with E-state index in [0.29, 0.717) is 17.7 Å². The number of nitrogen functional groups attached to an aromatic ring is 1. The Morgan fingerprint density at radius 3 is 2.71 bits per heavy atom. The fourth-order valence-electron chi connectivity index (χ4n) is 2.22. The van der Waals surface area contributed by atoms with E-state index < -0.39 is 0 Å². The van der Waals surface area contributed by atoms with Crippen molar-refractivity contribution >= 4 is 11.7 Å². The highest BCUT2D eigenvalue weighted by atomic mass is 15.2. The molecule has 1 saturated heterocycles. The summed E-state index contributed by atoms with van der Waals surface area (Å²) >= 11 is 0. The number of anilines is 1. The zero-order valence-corrected chi connectivity index (χ0v) is 10.3. The molecule has 2 heterocycles. The summed E-state index contributed by atoms with van der Waals surface area (Å²) < 4.78 is 0. The van der Waals surface area contributed by atoms with Crippen molar-refractivity contribution < 1.29 is 0 Å². The molecule has 0 saturated carbocycles. The van der Waals surface area contributed by atoms with E-state index in [1.165, 1.54) is 12.8 Å². The van der Waals surface area contributed by atoms with Crippen LogP contribution in [-0.2, 0) is 0 Å². The van der Waals surface area contributed by atoms with Crippen LogP contribution < -0.4 is 10.6 Å². The van der Waals surface area contributed by atoms with Crippen LogP contribution in [0.2, 0.25) is 0 Å². The van der Waals surface area contributed by atoms with E-state index in [-0.39, 0.29) is 5.84 Å². The van der Waals surface area contributed by atoms with Gasteiger partial charge in [0, 0.05) is 12.6 Å². The fourth-order valence-corrected chi connectivity index (χ4v) is 2.22. The Labute approximate surface area is 102 Å². The van der Waals surface area contributed by atoms with Gasteiger partial charge in [0.25, 0.3) is 0 Å². The number of nitrogens with zero attached hydrogens (tertiary/aromatic N) is 3. The quantitative estimate of drug-likeness (QED) is 0.597. The molecular weight excluding hydrogens is 214 g/mol. The third-order valence-corrected chi connectivity index (χ3v) is 3.33. The number of piperidine rings is 1. The van der Waals surface area contributed by atoms with Crippen molar-refractivity contribution in [2.24, 2.45) is 11.7 Å². The molecule has 2 unspecified atom stereocenters. The lowest BCUT2D eigenvalue weighted by Crippen LogP contribution is -2.41. The topological polar surface area (TPSA) is 78.9 Å². The molecule has 17 heavy (non-hydrogen) atoms. The second-order valence-corrected chi connectivity index (χ2v) is 4.86. The number of amidine groups is 1. The van der Waals surface area contributed by atoms with E-state index >= 15 is 0 Å². The van der Waals surface area contributed by atoms with Crippen LogP contribution in [0.1, 0.15) is 32.4 Å². The van der Waals surface area contributed by atoms with Crippen LogP contribution in [0.4, 0.5) is 5.82 Å². The predicted octanol–water partition coefficient (Wildman–Crippen LogP) is 1.39. The maximum atomic E-state index is 7.28. The van der Waals surface area contributed by atoms with Gasteiger partial charge in [0.15, 0.2) is 0 Å². The van der Waals surface area contributed by atoms with Gasteiger partial charge in [0.05, 0.1) is 12.4 Å². The monoisotopic (exact) mass is 233 g/mol. The number of hydrogen-bond acceptors (Lipinski definition) is 4. The van der Waals surface area contributed by atoms with Crippen molar-refractivity contribution in [1.82, 2.24) is 9.97 Å². The minimum atomic E-state index is -0.0379. The first-order chi connectivity index (χ1) is 8.08. The summed E-state index contributed by atoms with van der Waals surface area (Å²) in [6.07, 6.45) is 5.75. The molecule has 0 bridgehead atoms. The van der Waals surface area contributed by atoms with Crippen molar-refractivity contribution in [3.05, 3.63) is 18.1 Å². The molecule has 1 fully saturated rings. The highest BCUT2D eigenvalue weighted by molar-refractivity contribution is 5.92. The molecule has 1 aliphatic heterocycles. The second kappa shape index (κ2) is 4.69. The molecule has 1 aromatic rings. The zero-order valence-electron chi connectivity index (χ0n) is 10.3. The number of aromatic nitrogens is 2. The predicted molar refractivity (Wildman–Crippen MR) is 68.3 cm³/mol. The molecule has 0 radical (unpaired) electrons. The molecule has 0 spiro atoms. The van der Waals surface area contributed by atoms with E-state index in [2.05, 4.69) is 28.7 Å². The molecular formula is C12H19N5. The average molecular weight is 233 g/mol. The average Bonchev–Trinajstić information content (AvgIpc) is 2.32. The van der Waals surface area contributed by atoms with Crippen LogP contribution >= 0.6 is 0 Å². The number of nitrogens with two attached hydrogens (primary N) is 1. The summed E-state index contributed by atoms with van der Waals surface area (Å²) in [5.74, 6) is 1.54. The highest BCUT2D eigenvalue weighted by Gasteiger charge is 2.24. The van der Waals surface area contributed by atoms with Gasteiger partial charge in [-0.3, -0.25) is 5.41 Å². The maximum absolute atomic E-state index is 7.28. The maximum Gasteiger partial charge on any atom is 0.147 e. The Balaban J connectivity index is 2.18. The minimum Gasteiger partial charge on any atom is -0.382 e. The van der Waals surface area contributed by atoms with Crippen molar-refractivity contribution in [3.8, 4) is 0 Å². The van der Waals surface area contributed by atoms with Crippen LogP contribution in [-0.4, -0.2) is 28.4 Å². The standard InChI is InChI=1S/C12H19N5/c1-8-3-4-9(2)17(7-8)11-6-15-10(5-16-11)12(13)14/h5-6,8-9H,3-4,7H2,1-2H3,(H3,13,14).